The average molecular weight is 464 g/mol. The van der Waals surface area contributed by atoms with Gasteiger partial charge in [0, 0.05) is 0 Å². The Morgan fingerprint density at radius 3 is 1.50 bits per heavy atom. The second-order valence-corrected chi connectivity index (χ2v) is 11.3. The minimum Gasteiger partial charge on any atom is -0.366 e. The summed E-state index contributed by atoms with van der Waals surface area (Å²) in [5, 5.41) is 13.7. The predicted molar refractivity (Wildman–Crippen MR) is 141 cm³/mol. The lowest BCUT2D eigenvalue weighted by molar-refractivity contribution is -0.123. The number of ether oxygens (including phenoxy) is 1. The van der Waals surface area contributed by atoms with E-state index in [1.807, 2.05) is 121 Å². The number of ketones is 1. The van der Waals surface area contributed by atoms with Crippen molar-refractivity contribution in [2.24, 2.45) is 0 Å². The third-order valence-electron chi connectivity index (χ3n) is 5.82. The highest BCUT2D eigenvalue weighted by Gasteiger charge is 2.35. The number of benzene rings is 4. The molecule has 1 unspecified atom stereocenters. The standard InChI is InChI=1S/C30H26NO2P/c1-24(33-23-25-14-6-2-7-15-25)30(32)29(22-31)34(26-16-8-3-9-17-26,27-18-10-4-11-19-27)28-20-12-5-13-21-28/h2-21,24H,23H2,1H3. The molecule has 3 nitrogen and oxygen atoms in total. The molecule has 0 saturated carbocycles. The molecule has 0 spiro atoms. The third kappa shape index (κ3) is 4.66. The lowest BCUT2D eigenvalue weighted by Crippen LogP contribution is -2.37. The largest absolute Gasteiger partial charge is 0.366 e. The molecule has 34 heavy (non-hydrogen) atoms. The molecule has 4 heteroatoms. The molecule has 0 aliphatic rings. The van der Waals surface area contributed by atoms with Crippen molar-refractivity contribution in [2.75, 3.05) is 0 Å². The number of carbonyl (C=O) groups is 1. The number of nitrogens with zero attached hydrogens (tertiary/aromatic N) is 1. The van der Waals surface area contributed by atoms with E-state index < -0.39 is 13.0 Å². The molecule has 1 atom stereocenters. The Morgan fingerprint density at radius 2 is 1.12 bits per heavy atom. The normalized spacial score (nSPS) is 11.9. The van der Waals surface area contributed by atoms with E-state index in [0.29, 0.717) is 6.61 Å². The van der Waals surface area contributed by atoms with Gasteiger partial charge < -0.3 is 4.74 Å². The Morgan fingerprint density at radius 1 is 0.735 bits per heavy atom. The second-order valence-electron chi connectivity index (χ2n) is 7.94. The molecule has 4 aromatic rings. The maximum atomic E-state index is 13.9. The van der Waals surface area contributed by atoms with Crippen LogP contribution < -0.4 is 15.9 Å². The third-order valence-corrected chi connectivity index (χ3v) is 10.0. The Kier molecular flexibility index (Phi) is 7.55. The molecular weight excluding hydrogens is 437 g/mol. The minimum atomic E-state index is -2.74. The molecule has 4 rings (SSSR count). The first kappa shape index (κ1) is 23.5. The van der Waals surface area contributed by atoms with Crippen LogP contribution in [-0.4, -0.2) is 17.2 Å². The molecule has 0 aromatic heterocycles. The number of carbonyl (C=O) groups excluding carboxylic acids is 1. The van der Waals surface area contributed by atoms with E-state index in [1.165, 1.54) is 0 Å². The van der Waals surface area contributed by atoms with Crippen LogP contribution >= 0.6 is 6.89 Å². The minimum absolute atomic E-state index is 0.247. The monoisotopic (exact) mass is 463 g/mol. The van der Waals surface area contributed by atoms with Crippen LogP contribution in [0, 0.1) is 11.3 Å². The molecular formula is C30H26NO2P. The fourth-order valence-corrected chi connectivity index (χ4v) is 8.34. The van der Waals surface area contributed by atoms with Gasteiger partial charge in [-0.25, -0.2) is 0 Å². The summed E-state index contributed by atoms with van der Waals surface area (Å²) < 4.78 is 5.97. The smallest absolute Gasteiger partial charge is 0.202 e. The molecule has 0 bridgehead atoms. The zero-order valence-electron chi connectivity index (χ0n) is 19.0. The van der Waals surface area contributed by atoms with Gasteiger partial charge in [0.15, 0.2) is 0 Å². The first-order valence-corrected chi connectivity index (χ1v) is 13.0. The number of rotatable bonds is 8. The first-order valence-electron chi connectivity index (χ1n) is 11.2. The molecule has 0 fully saturated rings. The summed E-state index contributed by atoms with van der Waals surface area (Å²) in [5.74, 6) is -0.275. The van der Waals surface area contributed by atoms with Crippen LogP contribution in [0.4, 0.5) is 0 Å². The molecule has 0 aliphatic heterocycles. The van der Waals surface area contributed by atoms with E-state index in [0.717, 1.165) is 21.5 Å². The van der Waals surface area contributed by atoms with Crippen LogP contribution in [0.3, 0.4) is 0 Å². The van der Waals surface area contributed by atoms with Gasteiger partial charge >= 0.3 is 0 Å². The van der Waals surface area contributed by atoms with E-state index in [-0.39, 0.29) is 11.1 Å². The van der Waals surface area contributed by atoms with Crippen molar-refractivity contribution < 1.29 is 9.53 Å². The summed E-state index contributed by atoms with van der Waals surface area (Å²) in [6, 6.07) is 41.9. The molecule has 168 valence electrons. The number of hydrogen-bond donors (Lipinski definition) is 0. The van der Waals surface area contributed by atoms with Crippen LogP contribution in [0.1, 0.15) is 12.5 Å². The summed E-state index contributed by atoms with van der Waals surface area (Å²) in [6.07, 6.45) is -0.759. The van der Waals surface area contributed by atoms with Gasteiger partial charge in [0.25, 0.3) is 0 Å². The van der Waals surface area contributed by atoms with Crippen LogP contribution in [0.2, 0.25) is 0 Å². The molecule has 0 N–H and O–H groups in total. The average Bonchev–Trinajstić information content (AvgIpc) is 2.92. The van der Waals surface area contributed by atoms with Crippen molar-refractivity contribution in [1.29, 1.82) is 5.26 Å². The van der Waals surface area contributed by atoms with E-state index >= 15 is 0 Å². The molecule has 0 aliphatic carbocycles. The van der Waals surface area contributed by atoms with Crippen molar-refractivity contribution in [3.8, 4) is 6.07 Å². The van der Waals surface area contributed by atoms with Gasteiger partial charge in [-0.2, -0.15) is 5.26 Å². The quantitative estimate of drug-likeness (QED) is 0.351. The maximum Gasteiger partial charge on any atom is 0.202 e. The van der Waals surface area contributed by atoms with Crippen molar-refractivity contribution in [3.05, 3.63) is 127 Å². The summed E-state index contributed by atoms with van der Waals surface area (Å²) in [4.78, 5) is 13.9. The van der Waals surface area contributed by atoms with E-state index in [2.05, 4.69) is 6.07 Å². The number of nitriles is 1. The van der Waals surface area contributed by atoms with Crippen molar-refractivity contribution >= 4 is 33.9 Å². The molecule has 0 heterocycles. The van der Waals surface area contributed by atoms with Crippen LogP contribution in [0.15, 0.2) is 121 Å². The summed E-state index contributed by atoms with van der Waals surface area (Å²) >= 11 is 0. The van der Waals surface area contributed by atoms with E-state index in [9.17, 15) is 10.1 Å². The van der Waals surface area contributed by atoms with Crippen LogP contribution in [0.25, 0.3) is 0 Å². The maximum absolute atomic E-state index is 13.9. The van der Waals surface area contributed by atoms with Gasteiger partial charge in [0.2, 0.25) is 5.78 Å². The van der Waals surface area contributed by atoms with E-state index in [4.69, 9.17) is 4.74 Å². The van der Waals surface area contributed by atoms with Crippen LogP contribution in [0.5, 0.6) is 0 Å². The molecule has 0 amide bonds. The van der Waals surface area contributed by atoms with Gasteiger partial charge in [-0.1, -0.05) is 121 Å². The summed E-state index contributed by atoms with van der Waals surface area (Å²) in [6.45, 7) is -0.703. The van der Waals surface area contributed by atoms with Gasteiger partial charge in [0.05, 0.1) is 6.61 Å². The molecule has 0 radical (unpaired) electrons. The fraction of sp³-hybridized carbons (Fsp3) is 0.100. The Bertz CT molecular complexity index is 1230. The fourth-order valence-electron chi connectivity index (χ4n) is 4.15. The lowest BCUT2D eigenvalue weighted by atomic mass is 10.2. The van der Waals surface area contributed by atoms with Crippen molar-refractivity contribution in [2.45, 2.75) is 19.6 Å². The zero-order chi connectivity index (χ0) is 23.8. The highest BCUT2D eigenvalue weighted by Crippen LogP contribution is 2.46. The molecule has 4 aromatic carbocycles. The van der Waals surface area contributed by atoms with Gasteiger partial charge in [-0.05, 0) is 35.3 Å². The Labute approximate surface area is 201 Å². The van der Waals surface area contributed by atoms with Crippen molar-refractivity contribution in [1.82, 2.24) is 0 Å². The summed E-state index contributed by atoms with van der Waals surface area (Å²) in [5.41, 5.74) is 0.982. The first-order chi connectivity index (χ1) is 16.7. The Balaban J connectivity index is 1.94. The van der Waals surface area contributed by atoms with Crippen LogP contribution in [-0.2, 0) is 16.1 Å². The van der Waals surface area contributed by atoms with Crippen molar-refractivity contribution in [3.63, 3.8) is 0 Å². The van der Waals surface area contributed by atoms with Gasteiger partial charge in [-0.15, -0.1) is 0 Å². The molecule has 0 saturated heterocycles. The number of hydrogen-bond acceptors (Lipinski definition) is 3. The SMILES string of the molecule is CC(OCc1ccccc1)C(=O)C(C#N)=P(c1ccccc1)(c1ccccc1)c1ccccc1. The van der Waals surface area contributed by atoms with Gasteiger partial charge in [-0.3, -0.25) is 4.79 Å². The highest BCUT2D eigenvalue weighted by molar-refractivity contribution is 7.97. The Hall–Kier alpha value is -3.70. The second kappa shape index (κ2) is 10.9. The summed E-state index contributed by atoms with van der Waals surface area (Å²) in [7, 11) is 0. The zero-order valence-corrected chi connectivity index (χ0v) is 19.9. The van der Waals surface area contributed by atoms with E-state index in [1.54, 1.807) is 6.92 Å². The highest BCUT2D eigenvalue weighted by atomic mass is 31.2. The van der Waals surface area contributed by atoms with Gasteiger partial charge in [0.1, 0.15) is 17.5 Å². The topological polar surface area (TPSA) is 50.1 Å². The predicted octanol–water partition coefficient (Wildman–Crippen LogP) is 4.85. The lowest BCUT2D eigenvalue weighted by Gasteiger charge is -2.30. The number of Topliss-reactive ketones (excluding diaryl/α,β-unsaturated/α-hetero) is 1.